The third kappa shape index (κ3) is 2.87. The highest BCUT2D eigenvalue weighted by Gasteiger charge is 2.27. The fourth-order valence-corrected chi connectivity index (χ4v) is 3.90. The molecule has 8 heteroatoms. The molecule has 0 saturated heterocycles. The van der Waals surface area contributed by atoms with Gasteiger partial charge in [-0.15, -0.1) is 11.3 Å². The first-order chi connectivity index (χ1) is 11.0. The Kier molecular flexibility index (Phi) is 4.18. The molecule has 3 heterocycles. The summed E-state index contributed by atoms with van der Waals surface area (Å²) in [6, 6.07) is 3.59. The predicted octanol–water partition coefficient (Wildman–Crippen LogP) is 1.59. The van der Waals surface area contributed by atoms with Crippen molar-refractivity contribution in [1.82, 2.24) is 20.2 Å². The number of nitrogens with one attached hydrogen (secondary N) is 1. The van der Waals surface area contributed by atoms with E-state index in [9.17, 15) is 9.59 Å². The molecule has 0 aliphatic carbocycles. The number of aromatic nitrogens is 2. The maximum atomic E-state index is 12.7. The van der Waals surface area contributed by atoms with Crippen LogP contribution in [0.2, 0.25) is 0 Å². The SMILES string of the molecule is CCn1nc(C)cc1C(=O)N1CCc2cc(C(=O)NO)sc2C1. The Labute approximate surface area is 137 Å². The molecule has 1 aliphatic rings. The lowest BCUT2D eigenvalue weighted by Gasteiger charge is -2.26. The van der Waals surface area contributed by atoms with Crippen LogP contribution in [0.15, 0.2) is 12.1 Å². The van der Waals surface area contributed by atoms with Crippen molar-refractivity contribution in [2.75, 3.05) is 6.54 Å². The van der Waals surface area contributed by atoms with Crippen LogP contribution in [0.3, 0.4) is 0 Å². The third-order valence-corrected chi connectivity index (χ3v) is 5.08. The van der Waals surface area contributed by atoms with Gasteiger partial charge in [0.25, 0.3) is 11.8 Å². The maximum Gasteiger partial charge on any atom is 0.284 e. The smallest absolute Gasteiger partial charge is 0.284 e. The molecule has 0 spiro atoms. The molecule has 122 valence electrons. The molecule has 2 amide bonds. The van der Waals surface area contributed by atoms with Crippen molar-refractivity contribution in [2.45, 2.75) is 33.4 Å². The summed E-state index contributed by atoms with van der Waals surface area (Å²) in [4.78, 5) is 27.5. The van der Waals surface area contributed by atoms with E-state index < -0.39 is 5.91 Å². The van der Waals surface area contributed by atoms with Gasteiger partial charge >= 0.3 is 0 Å². The highest BCUT2D eigenvalue weighted by molar-refractivity contribution is 7.14. The first-order valence-electron chi connectivity index (χ1n) is 7.43. The van der Waals surface area contributed by atoms with E-state index in [1.165, 1.54) is 11.3 Å². The van der Waals surface area contributed by atoms with Crippen molar-refractivity contribution < 1.29 is 14.8 Å². The van der Waals surface area contributed by atoms with Gasteiger partial charge in [0.1, 0.15) is 5.69 Å². The summed E-state index contributed by atoms with van der Waals surface area (Å²) in [6.07, 6.45) is 0.704. The number of amides is 2. The number of thiophene rings is 1. The van der Waals surface area contributed by atoms with Crippen LogP contribution in [0.25, 0.3) is 0 Å². The molecule has 2 N–H and O–H groups in total. The second-order valence-electron chi connectivity index (χ2n) is 5.46. The van der Waals surface area contributed by atoms with Crippen molar-refractivity contribution in [2.24, 2.45) is 0 Å². The Morgan fingerprint density at radius 3 is 2.91 bits per heavy atom. The zero-order valence-electron chi connectivity index (χ0n) is 13.0. The van der Waals surface area contributed by atoms with E-state index in [1.807, 2.05) is 13.8 Å². The van der Waals surface area contributed by atoms with E-state index >= 15 is 0 Å². The molecule has 2 aromatic rings. The van der Waals surface area contributed by atoms with E-state index in [1.54, 1.807) is 27.2 Å². The van der Waals surface area contributed by atoms with Crippen LogP contribution in [-0.4, -0.2) is 38.2 Å². The van der Waals surface area contributed by atoms with Gasteiger partial charge in [-0.2, -0.15) is 5.10 Å². The van der Waals surface area contributed by atoms with Crippen LogP contribution in [0.5, 0.6) is 0 Å². The number of nitrogens with zero attached hydrogens (tertiary/aromatic N) is 3. The van der Waals surface area contributed by atoms with E-state index in [-0.39, 0.29) is 5.91 Å². The van der Waals surface area contributed by atoms with Crippen molar-refractivity contribution in [1.29, 1.82) is 0 Å². The molecule has 0 radical (unpaired) electrons. The number of fused-ring (bicyclic) bond motifs is 1. The monoisotopic (exact) mass is 334 g/mol. The van der Waals surface area contributed by atoms with Gasteiger partial charge in [0, 0.05) is 18.0 Å². The standard InChI is InChI=1S/C15H18N4O3S/c1-3-19-11(6-9(2)16-19)15(21)18-5-4-10-7-12(14(20)17-22)23-13(10)8-18/h6-7,22H,3-5,8H2,1-2H3,(H,17,20). The number of rotatable bonds is 3. The lowest BCUT2D eigenvalue weighted by Crippen LogP contribution is -2.36. The topological polar surface area (TPSA) is 87.5 Å². The van der Waals surface area contributed by atoms with Gasteiger partial charge in [0.05, 0.1) is 17.1 Å². The molecule has 0 unspecified atom stereocenters. The van der Waals surface area contributed by atoms with Gasteiger partial charge < -0.3 is 4.90 Å². The minimum atomic E-state index is -0.512. The van der Waals surface area contributed by atoms with Crippen LogP contribution >= 0.6 is 11.3 Å². The lowest BCUT2D eigenvalue weighted by molar-refractivity contribution is 0.0708. The fourth-order valence-electron chi connectivity index (χ4n) is 2.78. The lowest BCUT2D eigenvalue weighted by atomic mass is 10.1. The molecule has 2 aromatic heterocycles. The van der Waals surface area contributed by atoms with E-state index in [0.29, 0.717) is 36.6 Å². The normalized spacial score (nSPS) is 13.8. The minimum Gasteiger partial charge on any atom is -0.332 e. The number of carbonyl (C=O) groups is 2. The largest absolute Gasteiger partial charge is 0.332 e. The Balaban J connectivity index is 1.82. The minimum absolute atomic E-state index is 0.0420. The zero-order valence-corrected chi connectivity index (χ0v) is 13.8. The van der Waals surface area contributed by atoms with Crippen molar-refractivity contribution in [3.63, 3.8) is 0 Å². The zero-order chi connectivity index (χ0) is 16.6. The van der Waals surface area contributed by atoms with Gasteiger partial charge in [0.15, 0.2) is 0 Å². The molecular formula is C15H18N4O3S. The van der Waals surface area contributed by atoms with Crippen LogP contribution < -0.4 is 5.48 Å². The van der Waals surface area contributed by atoms with E-state index in [4.69, 9.17) is 5.21 Å². The quantitative estimate of drug-likeness (QED) is 0.659. The highest BCUT2D eigenvalue weighted by atomic mass is 32.1. The van der Waals surface area contributed by atoms with E-state index in [0.717, 1.165) is 16.1 Å². The van der Waals surface area contributed by atoms with Gasteiger partial charge in [0.2, 0.25) is 0 Å². The van der Waals surface area contributed by atoms with Crippen molar-refractivity contribution in [3.05, 3.63) is 38.8 Å². The summed E-state index contributed by atoms with van der Waals surface area (Å²) in [7, 11) is 0. The first-order valence-corrected chi connectivity index (χ1v) is 8.25. The van der Waals surface area contributed by atoms with Crippen LogP contribution in [0.4, 0.5) is 0 Å². The molecule has 0 fully saturated rings. The predicted molar refractivity (Wildman–Crippen MR) is 84.7 cm³/mol. The average molecular weight is 334 g/mol. The van der Waals surface area contributed by atoms with Crippen LogP contribution in [0, 0.1) is 6.92 Å². The second kappa shape index (κ2) is 6.13. The number of carbonyl (C=O) groups excluding carboxylic acids is 2. The molecular weight excluding hydrogens is 316 g/mol. The molecule has 1 aliphatic heterocycles. The van der Waals surface area contributed by atoms with Crippen molar-refractivity contribution >= 4 is 23.2 Å². The molecule has 7 nitrogen and oxygen atoms in total. The fraction of sp³-hybridized carbons (Fsp3) is 0.400. The van der Waals surface area contributed by atoms with Crippen molar-refractivity contribution in [3.8, 4) is 0 Å². The van der Waals surface area contributed by atoms with Gasteiger partial charge in [-0.1, -0.05) is 0 Å². The number of hydroxylamine groups is 1. The van der Waals surface area contributed by atoms with Gasteiger partial charge in [-0.05, 0) is 38.0 Å². The molecule has 0 atom stereocenters. The van der Waals surface area contributed by atoms with E-state index in [2.05, 4.69) is 5.10 Å². The average Bonchev–Trinajstić information content (AvgIpc) is 3.15. The Bertz CT molecular complexity index is 765. The number of aryl methyl sites for hydroxylation is 2. The maximum absolute atomic E-state index is 12.7. The summed E-state index contributed by atoms with van der Waals surface area (Å²) >= 11 is 1.31. The summed E-state index contributed by atoms with van der Waals surface area (Å²) in [5, 5.41) is 13.0. The summed E-state index contributed by atoms with van der Waals surface area (Å²) in [6.45, 7) is 5.56. The number of hydrogen-bond acceptors (Lipinski definition) is 5. The van der Waals surface area contributed by atoms with Crippen LogP contribution in [0.1, 0.15) is 43.2 Å². The molecule has 0 aromatic carbocycles. The highest BCUT2D eigenvalue weighted by Crippen LogP contribution is 2.29. The summed E-state index contributed by atoms with van der Waals surface area (Å²) < 4.78 is 1.71. The van der Waals surface area contributed by atoms with Gasteiger partial charge in [-0.25, -0.2) is 5.48 Å². The first kappa shape index (κ1) is 15.7. The molecule has 0 bridgehead atoms. The molecule has 23 heavy (non-hydrogen) atoms. The Morgan fingerprint density at radius 2 is 2.22 bits per heavy atom. The Morgan fingerprint density at radius 1 is 1.43 bits per heavy atom. The third-order valence-electron chi connectivity index (χ3n) is 3.92. The Hall–Kier alpha value is -2.19. The molecule has 3 rings (SSSR count). The summed E-state index contributed by atoms with van der Waals surface area (Å²) in [5.74, 6) is -0.554. The summed E-state index contributed by atoms with van der Waals surface area (Å²) in [5.41, 5.74) is 4.14. The number of hydrogen-bond donors (Lipinski definition) is 2. The molecule has 0 saturated carbocycles. The van der Waals surface area contributed by atoms with Gasteiger partial charge in [-0.3, -0.25) is 19.5 Å². The second-order valence-corrected chi connectivity index (χ2v) is 6.60. The van der Waals surface area contributed by atoms with Crippen LogP contribution in [-0.2, 0) is 19.5 Å².